The number of ketones is 1. The molecule has 3 heterocycles. The van der Waals surface area contributed by atoms with E-state index in [9.17, 15) is 14.4 Å². The molecule has 0 saturated heterocycles. The summed E-state index contributed by atoms with van der Waals surface area (Å²) in [6, 6.07) is 15.2. The number of benzene rings is 2. The molecule has 0 bridgehead atoms. The van der Waals surface area contributed by atoms with E-state index in [0.717, 1.165) is 32.6 Å². The molecular formula is C26H25N5O3. The summed E-state index contributed by atoms with van der Waals surface area (Å²) in [6.45, 7) is 7.00. The van der Waals surface area contributed by atoms with Gasteiger partial charge in [0.25, 0.3) is 5.56 Å². The Balaban J connectivity index is 1.97. The van der Waals surface area contributed by atoms with Gasteiger partial charge in [-0.2, -0.15) is 4.98 Å². The van der Waals surface area contributed by atoms with E-state index >= 15 is 0 Å². The van der Waals surface area contributed by atoms with Crippen LogP contribution in [-0.2, 0) is 11.8 Å². The minimum atomic E-state index is -0.878. The normalized spacial score (nSPS) is 12.5. The smallest absolute Gasteiger partial charge is 0.298 e. The molecule has 172 valence electrons. The van der Waals surface area contributed by atoms with Crippen LogP contribution in [0.4, 0.5) is 0 Å². The fourth-order valence-electron chi connectivity index (χ4n) is 4.53. The highest BCUT2D eigenvalue weighted by molar-refractivity contribution is 5.82. The number of hydrogen-bond acceptors (Lipinski definition) is 4. The number of nitrogens with zero attached hydrogens (tertiary/aromatic N) is 5. The Bertz CT molecular complexity index is 1700. The van der Waals surface area contributed by atoms with Gasteiger partial charge < -0.3 is 0 Å². The Morgan fingerprint density at radius 3 is 2.26 bits per heavy atom. The summed E-state index contributed by atoms with van der Waals surface area (Å²) in [5, 5.41) is 0. The van der Waals surface area contributed by atoms with Gasteiger partial charge in [0.15, 0.2) is 16.9 Å². The van der Waals surface area contributed by atoms with Crippen LogP contribution in [0.5, 0.6) is 0 Å². The van der Waals surface area contributed by atoms with Gasteiger partial charge in [0.1, 0.15) is 0 Å². The maximum atomic E-state index is 13.6. The van der Waals surface area contributed by atoms with Crippen molar-refractivity contribution in [3.05, 3.63) is 86.7 Å². The number of aryl methyl sites for hydroxylation is 3. The fourth-order valence-corrected chi connectivity index (χ4v) is 4.53. The molecule has 8 nitrogen and oxygen atoms in total. The van der Waals surface area contributed by atoms with Crippen molar-refractivity contribution < 1.29 is 4.79 Å². The number of hydrogen-bond donors (Lipinski definition) is 0. The highest BCUT2D eigenvalue weighted by atomic mass is 16.2. The van der Waals surface area contributed by atoms with E-state index in [-0.39, 0.29) is 16.9 Å². The molecule has 0 N–H and O–H groups in total. The number of imidazole rings is 2. The van der Waals surface area contributed by atoms with Crippen molar-refractivity contribution in [2.45, 2.75) is 33.7 Å². The second kappa shape index (κ2) is 7.69. The zero-order chi connectivity index (χ0) is 24.3. The molecular weight excluding hydrogens is 430 g/mol. The molecule has 0 radical (unpaired) electrons. The van der Waals surface area contributed by atoms with Crippen LogP contribution in [0.25, 0.3) is 33.9 Å². The molecule has 34 heavy (non-hydrogen) atoms. The van der Waals surface area contributed by atoms with E-state index in [0.29, 0.717) is 5.78 Å². The van der Waals surface area contributed by atoms with Gasteiger partial charge in [-0.05, 0) is 51.0 Å². The largest absolute Gasteiger partial charge is 0.333 e. The maximum Gasteiger partial charge on any atom is 0.333 e. The van der Waals surface area contributed by atoms with E-state index in [4.69, 9.17) is 4.98 Å². The van der Waals surface area contributed by atoms with Gasteiger partial charge in [-0.15, -0.1) is 0 Å². The van der Waals surface area contributed by atoms with Gasteiger partial charge in [-0.25, -0.2) is 9.36 Å². The lowest BCUT2D eigenvalue weighted by Crippen LogP contribution is -2.42. The van der Waals surface area contributed by atoms with Crippen LogP contribution in [0.2, 0.25) is 0 Å². The summed E-state index contributed by atoms with van der Waals surface area (Å²) in [5.74, 6) is 0.247. The van der Waals surface area contributed by atoms with Gasteiger partial charge >= 0.3 is 5.69 Å². The van der Waals surface area contributed by atoms with Crippen LogP contribution in [0.15, 0.2) is 64.3 Å². The number of carbonyl (C=O) groups excluding carboxylic acids is 1. The lowest BCUT2D eigenvalue weighted by molar-refractivity contribution is -0.119. The topological polar surface area (TPSA) is 83.3 Å². The van der Waals surface area contributed by atoms with E-state index in [1.165, 1.54) is 11.5 Å². The molecule has 8 heteroatoms. The summed E-state index contributed by atoms with van der Waals surface area (Å²) in [5.41, 5.74) is 4.35. The minimum absolute atomic E-state index is 0.255. The number of carbonyl (C=O) groups is 1. The van der Waals surface area contributed by atoms with Crippen molar-refractivity contribution in [3.8, 4) is 16.9 Å². The van der Waals surface area contributed by atoms with E-state index in [2.05, 4.69) is 18.2 Å². The molecule has 0 amide bonds. The van der Waals surface area contributed by atoms with Crippen LogP contribution in [0.3, 0.4) is 0 Å². The van der Waals surface area contributed by atoms with Crippen LogP contribution < -0.4 is 11.2 Å². The SMILES string of the molecule is CC(=O)C(C)n1c(=O)c2c(nc3n(-c4cc(C)cc(C)c4)c(-c4ccccc4)cn23)n(C)c1=O. The second-order valence-electron chi connectivity index (χ2n) is 8.82. The predicted octanol–water partition coefficient (Wildman–Crippen LogP) is 3.57. The lowest BCUT2D eigenvalue weighted by Gasteiger charge is -2.12. The quantitative estimate of drug-likeness (QED) is 0.415. The van der Waals surface area contributed by atoms with E-state index in [1.54, 1.807) is 18.4 Å². The summed E-state index contributed by atoms with van der Waals surface area (Å²) < 4.78 is 6.06. The van der Waals surface area contributed by atoms with Gasteiger partial charge in [-0.3, -0.25) is 23.1 Å². The van der Waals surface area contributed by atoms with Gasteiger partial charge in [0, 0.05) is 24.5 Å². The molecule has 0 spiro atoms. The maximum absolute atomic E-state index is 13.6. The third kappa shape index (κ3) is 3.14. The van der Waals surface area contributed by atoms with Crippen LogP contribution in [-0.4, -0.2) is 28.9 Å². The zero-order valence-electron chi connectivity index (χ0n) is 19.7. The first-order chi connectivity index (χ1) is 16.2. The zero-order valence-corrected chi connectivity index (χ0v) is 19.7. The van der Waals surface area contributed by atoms with Crippen LogP contribution in [0.1, 0.15) is 31.0 Å². The molecule has 3 aromatic heterocycles. The molecule has 0 fully saturated rings. The summed E-state index contributed by atoms with van der Waals surface area (Å²) in [7, 11) is 1.57. The van der Waals surface area contributed by atoms with Crippen molar-refractivity contribution >= 4 is 22.7 Å². The minimum Gasteiger partial charge on any atom is -0.298 e. The first kappa shape index (κ1) is 21.6. The number of Topliss-reactive ketones (excluding diaryl/α,β-unsaturated/α-hetero) is 1. The van der Waals surface area contributed by atoms with Crippen molar-refractivity contribution in [3.63, 3.8) is 0 Å². The Kier molecular flexibility index (Phi) is 4.89. The molecule has 5 aromatic rings. The number of rotatable bonds is 4. The van der Waals surface area contributed by atoms with Crippen molar-refractivity contribution in [1.82, 2.24) is 23.1 Å². The Hall–Kier alpha value is -4.20. The summed E-state index contributed by atoms with van der Waals surface area (Å²) in [6.07, 6.45) is 1.87. The highest BCUT2D eigenvalue weighted by Crippen LogP contribution is 2.29. The number of aromatic nitrogens is 5. The molecule has 5 rings (SSSR count). The predicted molar refractivity (Wildman–Crippen MR) is 132 cm³/mol. The molecule has 1 unspecified atom stereocenters. The second-order valence-corrected chi connectivity index (χ2v) is 8.82. The first-order valence-electron chi connectivity index (χ1n) is 11.1. The Labute approximate surface area is 195 Å². The molecule has 1 atom stereocenters. The molecule has 0 aliphatic heterocycles. The first-order valence-corrected chi connectivity index (χ1v) is 11.1. The number of fused-ring (bicyclic) bond motifs is 3. The fraction of sp³-hybridized carbons (Fsp3) is 0.231. The van der Waals surface area contributed by atoms with Crippen LogP contribution in [0, 0.1) is 13.8 Å². The highest BCUT2D eigenvalue weighted by Gasteiger charge is 2.25. The Morgan fingerprint density at radius 1 is 1.00 bits per heavy atom. The monoisotopic (exact) mass is 455 g/mol. The van der Waals surface area contributed by atoms with Crippen LogP contribution >= 0.6 is 0 Å². The van der Waals surface area contributed by atoms with Crippen molar-refractivity contribution in [1.29, 1.82) is 0 Å². The van der Waals surface area contributed by atoms with E-state index in [1.807, 2.05) is 54.9 Å². The Morgan fingerprint density at radius 2 is 1.65 bits per heavy atom. The van der Waals surface area contributed by atoms with Gasteiger partial charge in [0.2, 0.25) is 5.78 Å². The lowest BCUT2D eigenvalue weighted by atomic mass is 10.1. The average molecular weight is 456 g/mol. The third-order valence-electron chi connectivity index (χ3n) is 6.31. The van der Waals surface area contributed by atoms with Gasteiger partial charge in [0.05, 0.1) is 11.7 Å². The third-order valence-corrected chi connectivity index (χ3v) is 6.31. The molecule has 0 aliphatic rings. The standard InChI is InChI=1S/C26H25N5O3/c1-15-11-16(2)13-20(12-15)31-21(19-9-7-6-8-10-19)14-29-22-23(27-25(29)31)28(5)26(34)30(24(22)33)17(3)18(4)32/h6-14,17H,1-5H3. The summed E-state index contributed by atoms with van der Waals surface area (Å²) in [4.78, 5) is 43.4. The average Bonchev–Trinajstić information content (AvgIpc) is 3.34. The molecule has 0 aliphatic carbocycles. The van der Waals surface area contributed by atoms with E-state index < -0.39 is 17.3 Å². The molecule has 2 aromatic carbocycles. The van der Waals surface area contributed by atoms with Crippen molar-refractivity contribution in [2.75, 3.05) is 0 Å². The van der Waals surface area contributed by atoms with Crippen molar-refractivity contribution in [2.24, 2.45) is 7.05 Å². The molecule has 0 saturated carbocycles. The summed E-state index contributed by atoms with van der Waals surface area (Å²) >= 11 is 0. The van der Waals surface area contributed by atoms with Gasteiger partial charge in [-0.1, -0.05) is 36.4 Å².